The van der Waals surface area contributed by atoms with Crippen LogP contribution in [0.1, 0.15) is 26.2 Å². The number of sulfonamides is 1. The number of rotatable bonds is 5. The number of nitrogens with zero attached hydrogens (tertiary/aromatic N) is 1. The molecule has 0 saturated carbocycles. The highest BCUT2D eigenvalue weighted by Gasteiger charge is 2.29. The molecule has 1 saturated heterocycles. The van der Waals surface area contributed by atoms with Gasteiger partial charge in [0.15, 0.2) is 0 Å². The SMILES string of the molecule is CCCCS(=O)(=O)N1CCC(CN)C1.Cl. The molecule has 0 spiro atoms. The van der Waals surface area contributed by atoms with Crippen LogP contribution in [0.4, 0.5) is 0 Å². The van der Waals surface area contributed by atoms with Crippen LogP contribution < -0.4 is 5.73 Å². The summed E-state index contributed by atoms with van der Waals surface area (Å²) in [6.07, 6.45) is 2.60. The van der Waals surface area contributed by atoms with Crippen LogP contribution in [0.15, 0.2) is 0 Å². The lowest BCUT2D eigenvalue weighted by Crippen LogP contribution is -2.31. The molecule has 15 heavy (non-hydrogen) atoms. The van der Waals surface area contributed by atoms with Crippen LogP contribution in [0.2, 0.25) is 0 Å². The van der Waals surface area contributed by atoms with Crippen molar-refractivity contribution in [1.82, 2.24) is 4.31 Å². The minimum atomic E-state index is -2.99. The number of hydrogen-bond acceptors (Lipinski definition) is 3. The van der Waals surface area contributed by atoms with Gasteiger partial charge in [-0.2, -0.15) is 0 Å². The van der Waals surface area contributed by atoms with Crippen molar-refractivity contribution >= 4 is 22.4 Å². The second kappa shape index (κ2) is 6.68. The van der Waals surface area contributed by atoms with E-state index >= 15 is 0 Å². The molecule has 0 bridgehead atoms. The fourth-order valence-corrected chi connectivity index (χ4v) is 3.43. The Bertz CT molecular complexity index is 269. The third-order valence-electron chi connectivity index (χ3n) is 2.73. The highest BCUT2D eigenvalue weighted by atomic mass is 35.5. The zero-order chi connectivity index (χ0) is 10.6. The standard InChI is InChI=1S/C9H20N2O2S.ClH/c1-2-3-6-14(12,13)11-5-4-9(7-10)8-11;/h9H,2-8,10H2,1H3;1H. The molecule has 1 heterocycles. The molecule has 1 fully saturated rings. The predicted octanol–water partition coefficient (Wildman–Crippen LogP) is 0.819. The molecule has 1 rings (SSSR count). The van der Waals surface area contributed by atoms with E-state index < -0.39 is 10.0 Å². The van der Waals surface area contributed by atoms with Crippen molar-refractivity contribution in [1.29, 1.82) is 0 Å². The minimum absolute atomic E-state index is 0. The minimum Gasteiger partial charge on any atom is -0.330 e. The Morgan fingerprint density at radius 2 is 2.13 bits per heavy atom. The van der Waals surface area contributed by atoms with E-state index in [2.05, 4.69) is 0 Å². The summed E-state index contributed by atoms with van der Waals surface area (Å²) in [7, 11) is -2.99. The van der Waals surface area contributed by atoms with E-state index in [1.807, 2.05) is 6.92 Å². The van der Waals surface area contributed by atoms with Crippen LogP contribution in [0.25, 0.3) is 0 Å². The van der Waals surface area contributed by atoms with E-state index in [0.717, 1.165) is 19.3 Å². The zero-order valence-electron chi connectivity index (χ0n) is 9.18. The lowest BCUT2D eigenvalue weighted by Gasteiger charge is -2.15. The zero-order valence-corrected chi connectivity index (χ0v) is 10.8. The predicted molar refractivity (Wildman–Crippen MR) is 64.7 cm³/mol. The normalized spacial score (nSPS) is 22.7. The molecule has 1 unspecified atom stereocenters. The first kappa shape index (κ1) is 15.2. The maximum atomic E-state index is 11.7. The second-order valence-electron chi connectivity index (χ2n) is 3.92. The summed E-state index contributed by atoms with van der Waals surface area (Å²) >= 11 is 0. The Balaban J connectivity index is 0.00000196. The molecule has 2 N–H and O–H groups in total. The van der Waals surface area contributed by atoms with Crippen molar-refractivity contribution in [2.45, 2.75) is 26.2 Å². The summed E-state index contributed by atoms with van der Waals surface area (Å²) < 4.78 is 25.1. The summed E-state index contributed by atoms with van der Waals surface area (Å²) in [5, 5.41) is 0. The summed E-state index contributed by atoms with van der Waals surface area (Å²) in [6.45, 7) is 3.89. The van der Waals surface area contributed by atoms with E-state index in [1.54, 1.807) is 4.31 Å². The topological polar surface area (TPSA) is 63.4 Å². The van der Waals surface area contributed by atoms with E-state index in [9.17, 15) is 8.42 Å². The van der Waals surface area contributed by atoms with Gasteiger partial charge in [-0.1, -0.05) is 13.3 Å². The Labute approximate surface area is 98.7 Å². The molecule has 0 aromatic heterocycles. The molecule has 4 nitrogen and oxygen atoms in total. The Hall–Kier alpha value is 0.160. The molecular formula is C9H21ClN2O2S. The molecule has 0 amide bonds. The van der Waals surface area contributed by atoms with Gasteiger partial charge in [0.1, 0.15) is 0 Å². The average molecular weight is 257 g/mol. The van der Waals surface area contributed by atoms with Crippen molar-refractivity contribution in [2.75, 3.05) is 25.4 Å². The van der Waals surface area contributed by atoms with Crippen LogP contribution >= 0.6 is 12.4 Å². The van der Waals surface area contributed by atoms with Gasteiger partial charge < -0.3 is 5.73 Å². The molecular weight excluding hydrogens is 236 g/mol. The van der Waals surface area contributed by atoms with Gasteiger partial charge in [-0.05, 0) is 25.3 Å². The van der Waals surface area contributed by atoms with Gasteiger partial charge in [-0.3, -0.25) is 0 Å². The lowest BCUT2D eigenvalue weighted by atomic mass is 10.1. The van der Waals surface area contributed by atoms with Gasteiger partial charge in [0, 0.05) is 13.1 Å². The largest absolute Gasteiger partial charge is 0.330 e. The number of nitrogens with two attached hydrogens (primary N) is 1. The smallest absolute Gasteiger partial charge is 0.214 e. The summed E-state index contributed by atoms with van der Waals surface area (Å²) in [4.78, 5) is 0. The fourth-order valence-electron chi connectivity index (χ4n) is 1.70. The monoisotopic (exact) mass is 256 g/mol. The van der Waals surface area contributed by atoms with Gasteiger partial charge in [0.05, 0.1) is 5.75 Å². The Morgan fingerprint density at radius 1 is 1.47 bits per heavy atom. The maximum Gasteiger partial charge on any atom is 0.214 e. The quantitative estimate of drug-likeness (QED) is 0.792. The van der Waals surface area contributed by atoms with E-state index in [-0.39, 0.29) is 12.4 Å². The third kappa shape index (κ3) is 4.26. The number of hydrogen-bond donors (Lipinski definition) is 1. The summed E-state index contributed by atoms with van der Waals surface area (Å²) in [5.74, 6) is 0.659. The molecule has 0 radical (unpaired) electrons. The highest BCUT2D eigenvalue weighted by Crippen LogP contribution is 2.19. The van der Waals surface area contributed by atoms with Crippen molar-refractivity contribution in [3.8, 4) is 0 Å². The first-order valence-corrected chi connectivity index (χ1v) is 6.89. The van der Waals surface area contributed by atoms with Crippen molar-refractivity contribution in [2.24, 2.45) is 11.7 Å². The second-order valence-corrected chi connectivity index (χ2v) is 6.01. The van der Waals surface area contributed by atoms with Crippen LogP contribution in [0.5, 0.6) is 0 Å². The van der Waals surface area contributed by atoms with Gasteiger partial charge in [-0.15, -0.1) is 12.4 Å². The van der Waals surface area contributed by atoms with Crippen LogP contribution in [0, 0.1) is 5.92 Å². The number of halogens is 1. The van der Waals surface area contributed by atoms with Gasteiger partial charge in [-0.25, -0.2) is 12.7 Å². The number of unbranched alkanes of at least 4 members (excludes halogenated alkanes) is 1. The van der Waals surface area contributed by atoms with Crippen molar-refractivity contribution in [3.63, 3.8) is 0 Å². The van der Waals surface area contributed by atoms with E-state index in [0.29, 0.717) is 31.3 Å². The molecule has 1 aliphatic heterocycles. The Morgan fingerprint density at radius 3 is 2.60 bits per heavy atom. The highest BCUT2D eigenvalue weighted by molar-refractivity contribution is 7.89. The van der Waals surface area contributed by atoms with Crippen LogP contribution in [0.3, 0.4) is 0 Å². The molecule has 1 atom stereocenters. The first-order chi connectivity index (χ1) is 6.60. The van der Waals surface area contributed by atoms with Gasteiger partial charge in [0.2, 0.25) is 10.0 Å². The molecule has 6 heteroatoms. The molecule has 1 aliphatic rings. The average Bonchev–Trinajstić information content (AvgIpc) is 2.63. The van der Waals surface area contributed by atoms with Crippen molar-refractivity contribution in [3.05, 3.63) is 0 Å². The Kier molecular flexibility index (Phi) is 6.75. The summed E-state index contributed by atoms with van der Waals surface area (Å²) in [5.41, 5.74) is 5.52. The molecule has 0 aromatic rings. The first-order valence-electron chi connectivity index (χ1n) is 5.28. The molecule has 92 valence electrons. The van der Waals surface area contributed by atoms with Gasteiger partial charge in [0.25, 0.3) is 0 Å². The summed E-state index contributed by atoms with van der Waals surface area (Å²) in [6, 6.07) is 0. The van der Waals surface area contributed by atoms with Crippen molar-refractivity contribution < 1.29 is 8.42 Å². The lowest BCUT2D eigenvalue weighted by molar-refractivity contribution is 0.457. The molecule has 0 aliphatic carbocycles. The molecule has 0 aromatic carbocycles. The van der Waals surface area contributed by atoms with Crippen LogP contribution in [-0.4, -0.2) is 38.1 Å². The van der Waals surface area contributed by atoms with E-state index in [4.69, 9.17) is 5.73 Å². The fraction of sp³-hybridized carbons (Fsp3) is 1.00. The van der Waals surface area contributed by atoms with E-state index in [1.165, 1.54) is 0 Å². The third-order valence-corrected chi connectivity index (χ3v) is 4.65. The van der Waals surface area contributed by atoms with Gasteiger partial charge >= 0.3 is 0 Å². The maximum absolute atomic E-state index is 11.7. The van der Waals surface area contributed by atoms with Crippen LogP contribution in [-0.2, 0) is 10.0 Å².